The average molecular weight is 253 g/mol. The molecule has 0 unspecified atom stereocenters. The molecule has 0 saturated carbocycles. The number of nitrogens with two attached hydrogens (primary N) is 1. The molecule has 0 aliphatic carbocycles. The number of aryl methyl sites for hydroxylation is 2. The van der Waals surface area contributed by atoms with E-state index in [2.05, 4.69) is 15.0 Å². The summed E-state index contributed by atoms with van der Waals surface area (Å²) in [7, 11) is 0. The molecule has 96 valence electrons. The Kier molecular flexibility index (Phi) is 2.76. The Morgan fingerprint density at radius 2 is 2.00 bits per heavy atom. The zero-order valence-electron chi connectivity index (χ0n) is 11.0. The van der Waals surface area contributed by atoms with E-state index in [-0.39, 0.29) is 0 Å². The van der Waals surface area contributed by atoms with Crippen LogP contribution in [0.5, 0.6) is 0 Å². The second-order valence-electron chi connectivity index (χ2n) is 4.47. The summed E-state index contributed by atoms with van der Waals surface area (Å²) in [6.07, 6.45) is 3.76. The Labute approximate surface area is 111 Å². The molecule has 19 heavy (non-hydrogen) atoms. The lowest BCUT2D eigenvalue weighted by molar-refractivity contribution is 0.928. The maximum Gasteiger partial charge on any atom is 0.137 e. The molecule has 0 fully saturated rings. The smallest absolute Gasteiger partial charge is 0.137 e. The molecule has 3 rings (SSSR count). The van der Waals surface area contributed by atoms with Gasteiger partial charge in [0.1, 0.15) is 11.3 Å². The van der Waals surface area contributed by atoms with E-state index in [1.165, 1.54) is 0 Å². The van der Waals surface area contributed by atoms with Gasteiger partial charge >= 0.3 is 0 Å². The summed E-state index contributed by atoms with van der Waals surface area (Å²) in [5, 5.41) is 0. The van der Waals surface area contributed by atoms with E-state index < -0.39 is 0 Å². The Morgan fingerprint density at radius 1 is 1.16 bits per heavy atom. The van der Waals surface area contributed by atoms with Gasteiger partial charge in [-0.05, 0) is 26.0 Å². The molecular formula is C14H15N5. The predicted octanol–water partition coefficient (Wildman–Crippen LogP) is 1.87. The molecule has 0 saturated heterocycles. The molecule has 0 radical (unpaired) electrons. The van der Waals surface area contributed by atoms with Crippen LogP contribution < -0.4 is 5.73 Å². The van der Waals surface area contributed by atoms with Crippen LogP contribution in [-0.2, 0) is 6.54 Å². The molecule has 2 N–H and O–H groups in total. The van der Waals surface area contributed by atoms with Crippen LogP contribution in [0.2, 0.25) is 0 Å². The van der Waals surface area contributed by atoms with E-state index in [4.69, 9.17) is 5.73 Å². The van der Waals surface area contributed by atoms with Crippen LogP contribution in [-0.4, -0.2) is 19.4 Å². The quantitative estimate of drug-likeness (QED) is 0.757. The summed E-state index contributed by atoms with van der Waals surface area (Å²) in [6.45, 7) is 4.29. The maximum atomic E-state index is 5.70. The highest BCUT2D eigenvalue weighted by atomic mass is 15.0. The lowest BCUT2D eigenvalue weighted by Gasteiger charge is -2.06. The fourth-order valence-corrected chi connectivity index (χ4v) is 2.22. The number of aromatic nitrogens is 4. The molecule has 0 bridgehead atoms. The van der Waals surface area contributed by atoms with Crippen molar-refractivity contribution in [3.05, 3.63) is 47.7 Å². The molecule has 0 spiro atoms. The van der Waals surface area contributed by atoms with Crippen LogP contribution >= 0.6 is 0 Å². The highest BCUT2D eigenvalue weighted by molar-refractivity contribution is 5.63. The molecule has 0 aromatic carbocycles. The van der Waals surface area contributed by atoms with Crippen LogP contribution in [0.15, 0.2) is 30.6 Å². The van der Waals surface area contributed by atoms with Gasteiger partial charge in [0.15, 0.2) is 0 Å². The van der Waals surface area contributed by atoms with Gasteiger partial charge < -0.3 is 5.73 Å². The van der Waals surface area contributed by atoms with Crippen molar-refractivity contribution in [1.82, 2.24) is 19.4 Å². The predicted molar refractivity (Wildman–Crippen MR) is 73.6 cm³/mol. The van der Waals surface area contributed by atoms with Gasteiger partial charge in [-0.25, -0.2) is 9.97 Å². The fourth-order valence-electron chi connectivity index (χ4n) is 2.22. The van der Waals surface area contributed by atoms with Gasteiger partial charge in [0.25, 0.3) is 0 Å². The summed E-state index contributed by atoms with van der Waals surface area (Å²) >= 11 is 0. The lowest BCUT2D eigenvalue weighted by Crippen LogP contribution is -2.06. The first-order valence-electron chi connectivity index (χ1n) is 6.17. The van der Waals surface area contributed by atoms with Crippen LogP contribution in [0.1, 0.15) is 17.1 Å². The molecule has 0 aliphatic heterocycles. The Bertz CT molecular complexity index is 745. The van der Waals surface area contributed by atoms with Gasteiger partial charge in [-0.2, -0.15) is 0 Å². The first-order chi connectivity index (χ1) is 9.20. The highest BCUT2D eigenvalue weighted by Crippen LogP contribution is 2.23. The van der Waals surface area contributed by atoms with Gasteiger partial charge in [0.05, 0.1) is 29.0 Å². The monoisotopic (exact) mass is 253 g/mol. The molecule has 3 aromatic heterocycles. The van der Waals surface area contributed by atoms with E-state index in [0.717, 1.165) is 34.1 Å². The van der Waals surface area contributed by atoms with Crippen molar-refractivity contribution in [2.75, 3.05) is 0 Å². The molecule has 3 aromatic rings. The third-order valence-electron chi connectivity index (χ3n) is 3.19. The number of fused-ring (bicyclic) bond motifs is 1. The van der Waals surface area contributed by atoms with Gasteiger partial charge in [-0.15, -0.1) is 0 Å². The molecule has 0 atom stereocenters. The van der Waals surface area contributed by atoms with E-state index in [0.29, 0.717) is 6.54 Å². The Morgan fingerprint density at radius 3 is 2.79 bits per heavy atom. The van der Waals surface area contributed by atoms with Crippen LogP contribution in [0.3, 0.4) is 0 Å². The van der Waals surface area contributed by atoms with E-state index in [9.17, 15) is 0 Å². The zero-order chi connectivity index (χ0) is 13.4. The molecule has 0 aliphatic rings. The highest BCUT2D eigenvalue weighted by Gasteiger charge is 2.13. The van der Waals surface area contributed by atoms with Crippen LogP contribution in [0.25, 0.3) is 17.0 Å². The van der Waals surface area contributed by atoms with E-state index in [1.54, 1.807) is 6.20 Å². The van der Waals surface area contributed by atoms with E-state index in [1.807, 2.05) is 42.6 Å². The van der Waals surface area contributed by atoms with Crippen molar-refractivity contribution in [2.45, 2.75) is 20.4 Å². The zero-order valence-corrected chi connectivity index (χ0v) is 11.0. The van der Waals surface area contributed by atoms with Gasteiger partial charge in [-0.3, -0.25) is 9.38 Å². The molecule has 3 heterocycles. The largest absolute Gasteiger partial charge is 0.325 e. The van der Waals surface area contributed by atoms with Crippen molar-refractivity contribution >= 4 is 5.65 Å². The number of imidazole rings is 1. The SMILES string of the molecule is Cc1ncc(-c2c(C)nc3ccccn23)nc1CN. The molecular weight excluding hydrogens is 238 g/mol. The molecule has 5 heteroatoms. The topological polar surface area (TPSA) is 69.1 Å². The third-order valence-corrected chi connectivity index (χ3v) is 3.19. The van der Waals surface area contributed by atoms with Crippen molar-refractivity contribution in [3.63, 3.8) is 0 Å². The summed E-state index contributed by atoms with van der Waals surface area (Å²) < 4.78 is 2.02. The minimum Gasteiger partial charge on any atom is -0.325 e. The average Bonchev–Trinajstić information content (AvgIpc) is 2.75. The van der Waals surface area contributed by atoms with Crippen molar-refractivity contribution in [2.24, 2.45) is 5.73 Å². The number of hydrogen-bond acceptors (Lipinski definition) is 4. The van der Waals surface area contributed by atoms with Gasteiger partial charge in [-0.1, -0.05) is 6.07 Å². The van der Waals surface area contributed by atoms with Crippen molar-refractivity contribution in [3.8, 4) is 11.4 Å². The summed E-state index contributed by atoms with van der Waals surface area (Å²) in [6, 6.07) is 5.92. The maximum absolute atomic E-state index is 5.70. The van der Waals surface area contributed by atoms with Crippen LogP contribution in [0.4, 0.5) is 0 Å². The van der Waals surface area contributed by atoms with Gasteiger partial charge in [0.2, 0.25) is 0 Å². The number of nitrogens with zero attached hydrogens (tertiary/aromatic N) is 4. The standard InChI is InChI=1S/C14H15N5/c1-9-11(7-15)18-12(8-16-9)14-10(2)17-13-5-3-4-6-19(13)14/h3-6,8H,7,15H2,1-2H3. The van der Waals surface area contributed by atoms with Crippen LogP contribution in [0, 0.1) is 13.8 Å². The van der Waals surface area contributed by atoms with Gasteiger partial charge in [0, 0.05) is 12.7 Å². The molecule has 0 amide bonds. The second kappa shape index (κ2) is 4.44. The third kappa shape index (κ3) is 1.88. The fraction of sp³-hybridized carbons (Fsp3) is 0.214. The Balaban J connectivity index is 2.27. The minimum atomic E-state index is 0.391. The minimum absolute atomic E-state index is 0.391. The number of hydrogen-bond donors (Lipinski definition) is 1. The van der Waals surface area contributed by atoms with E-state index >= 15 is 0 Å². The molecule has 5 nitrogen and oxygen atoms in total. The summed E-state index contributed by atoms with van der Waals surface area (Å²) in [4.78, 5) is 13.5. The van der Waals surface area contributed by atoms with Crippen molar-refractivity contribution in [1.29, 1.82) is 0 Å². The number of pyridine rings is 1. The van der Waals surface area contributed by atoms with Crippen molar-refractivity contribution < 1.29 is 0 Å². The normalized spacial score (nSPS) is 11.1. The Hall–Kier alpha value is -2.27. The lowest BCUT2D eigenvalue weighted by atomic mass is 10.2. The number of rotatable bonds is 2. The summed E-state index contributed by atoms with van der Waals surface area (Å²) in [5.74, 6) is 0. The first kappa shape index (κ1) is 11.8. The summed E-state index contributed by atoms with van der Waals surface area (Å²) in [5.41, 5.74) is 11.0. The second-order valence-corrected chi connectivity index (χ2v) is 4.47. The first-order valence-corrected chi connectivity index (χ1v) is 6.17.